The molecule has 0 bridgehead atoms. The zero-order chi connectivity index (χ0) is 12.6. The van der Waals surface area contributed by atoms with Gasteiger partial charge >= 0.3 is 0 Å². The van der Waals surface area contributed by atoms with E-state index in [1.54, 1.807) is 0 Å². The summed E-state index contributed by atoms with van der Waals surface area (Å²) in [6.45, 7) is 6.62. The Morgan fingerprint density at radius 1 is 1.22 bits per heavy atom. The molecule has 1 aromatic rings. The van der Waals surface area contributed by atoms with E-state index in [0.29, 0.717) is 6.04 Å². The zero-order valence-electron chi connectivity index (χ0n) is 11.2. The summed E-state index contributed by atoms with van der Waals surface area (Å²) in [5.74, 6) is 6.33. The molecule has 0 aromatic heterocycles. The van der Waals surface area contributed by atoms with E-state index in [1.165, 1.54) is 25.9 Å². The van der Waals surface area contributed by atoms with Crippen LogP contribution in [0.3, 0.4) is 0 Å². The van der Waals surface area contributed by atoms with Crippen LogP contribution in [0.25, 0.3) is 0 Å². The number of rotatable bonds is 4. The highest BCUT2D eigenvalue weighted by Gasteiger charge is 2.16. The predicted molar refractivity (Wildman–Crippen MR) is 76.5 cm³/mol. The molecule has 1 fully saturated rings. The van der Waals surface area contributed by atoms with Crippen LogP contribution in [0.2, 0.25) is 0 Å². The van der Waals surface area contributed by atoms with Gasteiger partial charge in [-0.05, 0) is 45.0 Å². The van der Waals surface area contributed by atoms with E-state index in [-0.39, 0.29) is 0 Å². The molecule has 2 rings (SSSR count). The Balaban J connectivity index is 1.65. The van der Waals surface area contributed by atoms with E-state index in [9.17, 15) is 0 Å². The third-order valence-electron chi connectivity index (χ3n) is 3.42. The van der Waals surface area contributed by atoms with Gasteiger partial charge in [0.25, 0.3) is 0 Å². The number of benzene rings is 1. The lowest BCUT2D eigenvalue weighted by Gasteiger charge is -2.23. The van der Waals surface area contributed by atoms with Gasteiger partial charge in [-0.15, -0.1) is 0 Å². The largest absolute Gasteiger partial charge is 0.305 e. The van der Waals surface area contributed by atoms with Crippen LogP contribution in [0.5, 0.6) is 0 Å². The van der Waals surface area contributed by atoms with Crippen LogP contribution in [-0.2, 0) is 0 Å². The molecular formula is C16H22N2. The van der Waals surface area contributed by atoms with E-state index in [0.717, 1.165) is 18.7 Å². The van der Waals surface area contributed by atoms with Gasteiger partial charge in [0.15, 0.2) is 0 Å². The van der Waals surface area contributed by atoms with Crippen molar-refractivity contribution in [3.05, 3.63) is 35.9 Å². The fourth-order valence-corrected chi connectivity index (χ4v) is 2.32. The Bertz CT molecular complexity index is 396. The van der Waals surface area contributed by atoms with E-state index in [4.69, 9.17) is 0 Å². The van der Waals surface area contributed by atoms with E-state index >= 15 is 0 Å². The molecule has 0 amide bonds. The highest BCUT2D eigenvalue weighted by Crippen LogP contribution is 2.10. The van der Waals surface area contributed by atoms with Gasteiger partial charge in [-0.2, -0.15) is 0 Å². The van der Waals surface area contributed by atoms with Gasteiger partial charge in [-0.25, -0.2) is 0 Å². The molecule has 1 heterocycles. The van der Waals surface area contributed by atoms with Gasteiger partial charge in [0.1, 0.15) is 0 Å². The normalized spacial score (nSPS) is 17.2. The van der Waals surface area contributed by atoms with Crippen molar-refractivity contribution >= 4 is 0 Å². The van der Waals surface area contributed by atoms with Crippen LogP contribution >= 0.6 is 0 Å². The van der Waals surface area contributed by atoms with Crippen molar-refractivity contribution in [1.82, 2.24) is 10.2 Å². The van der Waals surface area contributed by atoms with Crippen LogP contribution in [-0.4, -0.2) is 37.1 Å². The van der Waals surface area contributed by atoms with Gasteiger partial charge in [-0.3, -0.25) is 4.90 Å². The van der Waals surface area contributed by atoms with Crippen molar-refractivity contribution < 1.29 is 0 Å². The molecule has 18 heavy (non-hydrogen) atoms. The lowest BCUT2D eigenvalue weighted by Crippen LogP contribution is -2.38. The SMILES string of the molecule is CC(CNCC#Cc1ccccc1)N1CCCC1. The monoisotopic (exact) mass is 242 g/mol. The molecule has 1 aliphatic heterocycles. The molecule has 0 spiro atoms. The smallest absolute Gasteiger partial charge is 0.0580 e. The molecule has 1 unspecified atom stereocenters. The van der Waals surface area contributed by atoms with Crippen molar-refractivity contribution in [2.24, 2.45) is 0 Å². The van der Waals surface area contributed by atoms with E-state index < -0.39 is 0 Å². The van der Waals surface area contributed by atoms with E-state index in [2.05, 4.69) is 29.0 Å². The summed E-state index contributed by atoms with van der Waals surface area (Å²) < 4.78 is 0. The summed E-state index contributed by atoms with van der Waals surface area (Å²) in [6, 6.07) is 10.8. The molecule has 1 aromatic carbocycles. The first-order valence-electron chi connectivity index (χ1n) is 6.85. The minimum absolute atomic E-state index is 0.631. The second-order valence-electron chi connectivity index (χ2n) is 4.89. The number of likely N-dealkylation sites (tertiary alicyclic amines) is 1. The second-order valence-corrected chi connectivity index (χ2v) is 4.89. The van der Waals surface area contributed by atoms with Gasteiger partial charge < -0.3 is 5.32 Å². The summed E-state index contributed by atoms with van der Waals surface area (Å²) in [5, 5.41) is 3.42. The first-order valence-corrected chi connectivity index (χ1v) is 6.85. The van der Waals surface area contributed by atoms with Crippen molar-refractivity contribution in [2.45, 2.75) is 25.8 Å². The molecule has 96 valence electrons. The minimum Gasteiger partial charge on any atom is -0.305 e. The quantitative estimate of drug-likeness (QED) is 0.642. The van der Waals surface area contributed by atoms with Crippen LogP contribution in [0.4, 0.5) is 0 Å². The van der Waals surface area contributed by atoms with Gasteiger partial charge in [0.2, 0.25) is 0 Å². The summed E-state index contributed by atoms with van der Waals surface area (Å²) in [6.07, 6.45) is 2.72. The molecule has 0 saturated carbocycles. The van der Waals surface area contributed by atoms with Crippen molar-refractivity contribution in [2.75, 3.05) is 26.2 Å². The maximum atomic E-state index is 3.42. The Morgan fingerprint density at radius 3 is 2.67 bits per heavy atom. The Labute approximate surface area is 110 Å². The Hall–Kier alpha value is -1.30. The highest BCUT2D eigenvalue weighted by molar-refractivity contribution is 5.33. The average Bonchev–Trinajstić information content (AvgIpc) is 2.93. The van der Waals surface area contributed by atoms with Gasteiger partial charge in [0.05, 0.1) is 6.54 Å². The standard InChI is InChI=1S/C16H22N2/c1-15(18-12-5-6-13-18)14-17-11-7-10-16-8-3-2-4-9-16/h2-4,8-9,15,17H,5-6,11-14H2,1H3. The molecule has 2 heteroatoms. The number of hydrogen-bond donors (Lipinski definition) is 1. The fourth-order valence-electron chi connectivity index (χ4n) is 2.32. The van der Waals surface area contributed by atoms with Crippen LogP contribution in [0, 0.1) is 11.8 Å². The molecule has 2 nitrogen and oxygen atoms in total. The third kappa shape index (κ3) is 4.18. The minimum atomic E-state index is 0.631. The van der Waals surface area contributed by atoms with Gasteiger partial charge in [-0.1, -0.05) is 30.0 Å². The van der Waals surface area contributed by atoms with Crippen molar-refractivity contribution in [3.63, 3.8) is 0 Å². The first kappa shape index (κ1) is 13.1. The summed E-state index contributed by atoms with van der Waals surface area (Å²) in [7, 11) is 0. The number of nitrogens with zero attached hydrogens (tertiary/aromatic N) is 1. The molecule has 1 atom stereocenters. The van der Waals surface area contributed by atoms with Crippen LogP contribution in [0.15, 0.2) is 30.3 Å². The van der Waals surface area contributed by atoms with Crippen molar-refractivity contribution in [3.8, 4) is 11.8 Å². The molecule has 0 aliphatic carbocycles. The Kier molecular flexibility index (Phi) is 5.26. The Morgan fingerprint density at radius 2 is 1.94 bits per heavy atom. The summed E-state index contributed by atoms with van der Waals surface area (Å²) >= 11 is 0. The third-order valence-corrected chi connectivity index (χ3v) is 3.42. The molecular weight excluding hydrogens is 220 g/mol. The fraction of sp³-hybridized carbons (Fsp3) is 0.500. The van der Waals surface area contributed by atoms with E-state index in [1.807, 2.05) is 30.3 Å². The maximum absolute atomic E-state index is 3.42. The predicted octanol–water partition coefficient (Wildman–Crippen LogP) is 2.11. The maximum Gasteiger partial charge on any atom is 0.0580 e. The lowest BCUT2D eigenvalue weighted by atomic mass is 10.2. The van der Waals surface area contributed by atoms with Crippen LogP contribution in [0.1, 0.15) is 25.3 Å². The highest BCUT2D eigenvalue weighted by atomic mass is 15.2. The topological polar surface area (TPSA) is 15.3 Å². The first-order chi connectivity index (χ1) is 8.86. The molecule has 1 saturated heterocycles. The van der Waals surface area contributed by atoms with Crippen molar-refractivity contribution in [1.29, 1.82) is 0 Å². The molecule has 1 N–H and O–H groups in total. The lowest BCUT2D eigenvalue weighted by molar-refractivity contribution is 0.254. The number of hydrogen-bond acceptors (Lipinski definition) is 2. The molecule has 0 radical (unpaired) electrons. The zero-order valence-corrected chi connectivity index (χ0v) is 11.2. The summed E-state index contributed by atoms with van der Waals surface area (Å²) in [4.78, 5) is 2.55. The summed E-state index contributed by atoms with van der Waals surface area (Å²) in [5.41, 5.74) is 1.09. The van der Waals surface area contributed by atoms with Gasteiger partial charge in [0, 0.05) is 18.2 Å². The second kappa shape index (κ2) is 7.20. The molecule has 1 aliphatic rings. The van der Waals surface area contributed by atoms with Crippen LogP contribution < -0.4 is 5.32 Å². The number of nitrogens with one attached hydrogen (secondary N) is 1. The average molecular weight is 242 g/mol.